The first-order chi connectivity index (χ1) is 11.2. The number of hydrogen-bond acceptors (Lipinski definition) is 5. The van der Waals surface area contributed by atoms with Crippen LogP contribution in [0.4, 0.5) is 0 Å². The number of benzene rings is 1. The van der Waals surface area contributed by atoms with Gasteiger partial charge in [-0.05, 0) is 25.2 Å². The Bertz CT molecular complexity index is 636. The van der Waals surface area contributed by atoms with Crippen LogP contribution in [0.3, 0.4) is 0 Å². The summed E-state index contributed by atoms with van der Waals surface area (Å²) in [4.78, 5) is 14.4. The molecular weight excluding hydrogens is 294 g/mol. The molecule has 0 spiro atoms. The fourth-order valence-corrected chi connectivity index (χ4v) is 2.32. The fraction of sp³-hybridized carbons (Fsp3) is 0.412. The van der Waals surface area contributed by atoms with E-state index in [1.54, 1.807) is 13.2 Å². The highest BCUT2D eigenvalue weighted by molar-refractivity contribution is 5.93. The molecule has 0 saturated carbocycles. The summed E-state index contributed by atoms with van der Waals surface area (Å²) in [6.07, 6.45) is 0. The Morgan fingerprint density at radius 2 is 2.04 bits per heavy atom. The molecule has 0 atom stereocenters. The molecule has 1 aromatic carbocycles. The number of hydrogen-bond donors (Lipinski definition) is 1. The normalized spacial score (nSPS) is 10.8. The molecule has 0 fully saturated rings. The van der Waals surface area contributed by atoms with Gasteiger partial charge < -0.3 is 19.5 Å². The molecule has 2 rings (SSSR count). The molecular formula is C17H23N3O3. The average Bonchev–Trinajstić information content (AvgIpc) is 3.08. The van der Waals surface area contributed by atoms with Gasteiger partial charge in [0.25, 0.3) is 5.91 Å². The minimum atomic E-state index is -0.234. The predicted molar refractivity (Wildman–Crippen MR) is 88.6 cm³/mol. The number of nitrogens with one attached hydrogen (secondary N) is 1. The van der Waals surface area contributed by atoms with Gasteiger partial charge in [0, 0.05) is 19.2 Å². The van der Waals surface area contributed by atoms with E-state index in [-0.39, 0.29) is 11.6 Å². The lowest BCUT2D eigenvalue weighted by atomic mass is 10.1. The molecule has 124 valence electrons. The highest BCUT2D eigenvalue weighted by Crippen LogP contribution is 2.29. The Hall–Kier alpha value is -2.34. The van der Waals surface area contributed by atoms with Crippen molar-refractivity contribution in [2.24, 2.45) is 0 Å². The Kier molecular flexibility index (Phi) is 6.17. The molecule has 0 saturated heterocycles. The number of carbonyl (C=O) groups excluding carboxylic acids is 1. The highest BCUT2D eigenvalue weighted by Gasteiger charge is 2.15. The highest BCUT2D eigenvalue weighted by atomic mass is 16.5. The standard InChI is InChI=1S/C17H23N3O3/c1-4-20(5-2)11-10-18-17(21)14-12-16(23-19-14)13-8-6-7-9-15(13)22-3/h6-9,12H,4-5,10-11H2,1-3H3,(H,18,21). The first kappa shape index (κ1) is 17.0. The van der Waals surface area contributed by atoms with Crippen molar-refractivity contribution in [3.63, 3.8) is 0 Å². The van der Waals surface area contributed by atoms with Crippen LogP contribution in [0.25, 0.3) is 11.3 Å². The van der Waals surface area contributed by atoms with Gasteiger partial charge in [-0.2, -0.15) is 0 Å². The predicted octanol–water partition coefficient (Wildman–Crippen LogP) is 2.42. The number of para-hydroxylation sites is 1. The molecule has 1 heterocycles. The number of amides is 1. The van der Waals surface area contributed by atoms with Gasteiger partial charge in [-0.1, -0.05) is 31.1 Å². The largest absolute Gasteiger partial charge is 0.496 e. The summed E-state index contributed by atoms with van der Waals surface area (Å²) in [5.74, 6) is 0.954. The Morgan fingerprint density at radius 1 is 1.30 bits per heavy atom. The van der Waals surface area contributed by atoms with Gasteiger partial charge in [0.1, 0.15) is 5.75 Å². The second-order valence-electron chi connectivity index (χ2n) is 5.06. The van der Waals surface area contributed by atoms with Gasteiger partial charge >= 0.3 is 0 Å². The van der Waals surface area contributed by atoms with Crippen LogP contribution >= 0.6 is 0 Å². The lowest BCUT2D eigenvalue weighted by Crippen LogP contribution is -2.34. The van der Waals surface area contributed by atoms with Crippen molar-refractivity contribution < 1.29 is 14.1 Å². The second kappa shape index (κ2) is 8.33. The first-order valence-corrected chi connectivity index (χ1v) is 7.80. The lowest BCUT2D eigenvalue weighted by molar-refractivity contribution is 0.0940. The number of nitrogens with zero attached hydrogens (tertiary/aromatic N) is 2. The monoisotopic (exact) mass is 317 g/mol. The minimum Gasteiger partial charge on any atom is -0.496 e. The molecule has 1 aromatic heterocycles. The Balaban J connectivity index is 2.00. The third-order valence-electron chi connectivity index (χ3n) is 3.72. The van der Waals surface area contributed by atoms with E-state index in [2.05, 4.69) is 29.2 Å². The Morgan fingerprint density at radius 3 is 2.74 bits per heavy atom. The quantitative estimate of drug-likeness (QED) is 0.810. The van der Waals surface area contributed by atoms with Gasteiger partial charge in [-0.15, -0.1) is 0 Å². The molecule has 1 amide bonds. The van der Waals surface area contributed by atoms with Crippen molar-refractivity contribution in [2.75, 3.05) is 33.3 Å². The molecule has 1 N–H and O–H groups in total. The second-order valence-corrected chi connectivity index (χ2v) is 5.06. The van der Waals surface area contributed by atoms with Gasteiger partial charge in [0.05, 0.1) is 12.7 Å². The van der Waals surface area contributed by atoms with Crippen molar-refractivity contribution in [3.05, 3.63) is 36.0 Å². The summed E-state index contributed by atoms with van der Waals surface area (Å²) >= 11 is 0. The number of ether oxygens (including phenoxy) is 1. The van der Waals surface area contributed by atoms with Crippen LogP contribution in [0.15, 0.2) is 34.9 Å². The van der Waals surface area contributed by atoms with Crippen LogP contribution < -0.4 is 10.1 Å². The molecule has 2 aromatic rings. The molecule has 0 aliphatic carbocycles. The number of carbonyl (C=O) groups is 1. The lowest BCUT2D eigenvalue weighted by Gasteiger charge is -2.17. The van der Waals surface area contributed by atoms with E-state index in [1.165, 1.54) is 0 Å². The third kappa shape index (κ3) is 4.32. The van der Waals surface area contributed by atoms with Crippen molar-refractivity contribution >= 4 is 5.91 Å². The maximum atomic E-state index is 12.1. The molecule has 0 unspecified atom stereocenters. The topological polar surface area (TPSA) is 67.6 Å². The number of methoxy groups -OCH3 is 1. The van der Waals surface area contributed by atoms with Crippen LogP contribution in [-0.4, -0.2) is 49.3 Å². The van der Waals surface area contributed by atoms with E-state index in [1.807, 2.05) is 24.3 Å². The van der Waals surface area contributed by atoms with Crippen molar-refractivity contribution in [1.29, 1.82) is 0 Å². The molecule has 23 heavy (non-hydrogen) atoms. The van der Waals surface area contributed by atoms with E-state index in [9.17, 15) is 4.79 Å². The summed E-state index contributed by atoms with van der Waals surface area (Å²) in [5, 5.41) is 6.71. The van der Waals surface area contributed by atoms with Crippen molar-refractivity contribution in [3.8, 4) is 17.1 Å². The van der Waals surface area contributed by atoms with E-state index < -0.39 is 0 Å². The Labute approximate surface area is 136 Å². The first-order valence-electron chi connectivity index (χ1n) is 7.80. The number of aromatic nitrogens is 1. The fourth-order valence-electron chi connectivity index (χ4n) is 2.32. The average molecular weight is 317 g/mol. The summed E-state index contributed by atoms with van der Waals surface area (Å²) in [7, 11) is 1.59. The van der Waals surface area contributed by atoms with Crippen LogP contribution in [-0.2, 0) is 0 Å². The van der Waals surface area contributed by atoms with Gasteiger partial charge in [-0.3, -0.25) is 4.79 Å². The van der Waals surface area contributed by atoms with Gasteiger partial charge in [0.2, 0.25) is 0 Å². The summed E-state index contributed by atoms with van der Waals surface area (Å²) in [6.45, 7) is 7.53. The van der Waals surface area contributed by atoms with Crippen LogP contribution in [0, 0.1) is 0 Å². The molecule has 0 aliphatic heterocycles. The summed E-state index contributed by atoms with van der Waals surface area (Å²) in [6, 6.07) is 9.08. The zero-order valence-corrected chi connectivity index (χ0v) is 13.8. The molecule has 0 bridgehead atoms. The van der Waals surface area contributed by atoms with Crippen LogP contribution in [0.1, 0.15) is 24.3 Å². The van der Waals surface area contributed by atoms with E-state index in [4.69, 9.17) is 9.26 Å². The molecule has 0 aliphatic rings. The van der Waals surface area contributed by atoms with Crippen molar-refractivity contribution in [1.82, 2.24) is 15.4 Å². The van der Waals surface area contributed by atoms with Crippen LogP contribution in [0.2, 0.25) is 0 Å². The smallest absolute Gasteiger partial charge is 0.273 e. The SMILES string of the molecule is CCN(CC)CCNC(=O)c1cc(-c2ccccc2OC)on1. The number of likely N-dealkylation sites (N-methyl/N-ethyl adjacent to an activating group) is 1. The van der Waals surface area contributed by atoms with Crippen LogP contribution in [0.5, 0.6) is 5.75 Å². The van der Waals surface area contributed by atoms with Gasteiger partial charge in [-0.25, -0.2) is 0 Å². The summed E-state index contributed by atoms with van der Waals surface area (Å²) in [5.41, 5.74) is 1.04. The van der Waals surface area contributed by atoms with Gasteiger partial charge in [0.15, 0.2) is 11.5 Å². The zero-order chi connectivity index (χ0) is 16.7. The van der Waals surface area contributed by atoms with E-state index in [0.29, 0.717) is 18.1 Å². The minimum absolute atomic E-state index is 0.234. The van der Waals surface area contributed by atoms with E-state index in [0.717, 1.165) is 25.2 Å². The van der Waals surface area contributed by atoms with E-state index >= 15 is 0 Å². The van der Waals surface area contributed by atoms with Crippen molar-refractivity contribution in [2.45, 2.75) is 13.8 Å². The molecule has 0 radical (unpaired) electrons. The zero-order valence-electron chi connectivity index (χ0n) is 13.8. The maximum absolute atomic E-state index is 12.1. The number of rotatable bonds is 8. The molecule has 6 heteroatoms. The maximum Gasteiger partial charge on any atom is 0.273 e. The third-order valence-corrected chi connectivity index (χ3v) is 3.72. The summed E-state index contributed by atoms with van der Waals surface area (Å²) < 4.78 is 10.6. The molecule has 6 nitrogen and oxygen atoms in total.